The summed E-state index contributed by atoms with van der Waals surface area (Å²) in [5, 5.41) is 0.855. The highest BCUT2D eigenvalue weighted by Crippen LogP contribution is 2.29. The van der Waals surface area contributed by atoms with Crippen LogP contribution in [0, 0.1) is 11.7 Å². The van der Waals surface area contributed by atoms with E-state index in [0.717, 1.165) is 10.1 Å². The van der Waals surface area contributed by atoms with E-state index in [-0.39, 0.29) is 23.6 Å². The van der Waals surface area contributed by atoms with Crippen molar-refractivity contribution in [3.05, 3.63) is 35.0 Å². The van der Waals surface area contributed by atoms with Crippen molar-refractivity contribution in [2.45, 2.75) is 6.42 Å². The van der Waals surface area contributed by atoms with Crippen molar-refractivity contribution in [1.82, 2.24) is 4.90 Å². The van der Waals surface area contributed by atoms with Crippen LogP contribution in [0.25, 0.3) is 10.1 Å². The fraction of sp³-hybridized carbons (Fsp3) is 0.333. The number of likely N-dealkylation sites (tertiary alicyclic amines) is 1. The number of amides is 1. The molecule has 0 N–H and O–H groups in total. The topological polar surface area (TPSA) is 46.6 Å². The summed E-state index contributed by atoms with van der Waals surface area (Å²) in [5.41, 5.74) is 0. The molecule has 21 heavy (non-hydrogen) atoms. The van der Waals surface area contributed by atoms with Gasteiger partial charge in [-0.25, -0.2) is 4.39 Å². The summed E-state index contributed by atoms with van der Waals surface area (Å²) in [7, 11) is 1.35. The van der Waals surface area contributed by atoms with Crippen LogP contribution in [0.5, 0.6) is 0 Å². The summed E-state index contributed by atoms with van der Waals surface area (Å²) in [6, 6.07) is 6.25. The van der Waals surface area contributed by atoms with Gasteiger partial charge in [0.1, 0.15) is 5.82 Å². The fourth-order valence-electron chi connectivity index (χ4n) is 2.57. The number of methoxy groups -OCH3 is 1. The fourth-order valence-corrected chi connectivity index (χ4v) is 3.63. The Hall–Kier alpha value is -1.95. The smallest absolute Gasteiger partial charge is 0.310 e. The molecule has 1 amide bonds. The number of nitrogens with zero attached hydrogens (tertiary/aromatic N) is 1. The van der Waals surface area contributed by atoms with Gasteiger partial charge in [-0.1, -0.05) is 6.07 Å². The van der Waals surface area contributed by atoms with Crippen LogP contribution in [0.1, 0.15) is 16.1 Å². The molecule has 2 heterocycles. The number of benzene rings is 1. The molecule has 1 aliphatic rings. The van der Waals surface area contributed by atoms with Crippen molar-refractivity contribution >= 4 is 33.3 Å². The zero-order valence-corrected chi connectivity index (χ0v) is 12.3. The number of ether oxygens (including phenoxy) is 1. The number of esters is 1. The Labute approximate surface area is 125 Å². The van der Waals surface area contributed by atoms with E-state index in [4.69, 9.17) is 4.74 Å². The summed E-state index contributed by atoms with van der Waals surface area (Å²) in [5.74, 6) is -0.937. The molecule has 2 aromatic rings. The number of fused-ring (bicyclic) bond motifs is 1. The van der Waals surface area contributed by atoms with Crippen LogP contribution in [0.3, 0.4) is 0 Å². The molecule has 1 atom stereocenters. The predicted molar refractivity (Wildman–Crippen MR) is 77.8 cm³/mol. The van der Waals surface area contributed by atoms with E-state index in [1.54, 1.807) is 17.0 Å². The Kier molecular flexibility index (Phi) is 3.63. The van der Waals surface area contributed by atoms with E-state index < -0.39 is 0 Å². The van der Waals surface area contributed by atoms with Gasteiger partial charge in [-0.15, -0.1) is 11.3 Å². The third kappa shape index (κ3) is 2.63. The van der Waals surface area contributed by atoms with Gasteiger partial charge in [-0.2, -0.15) is 0 Å². The molecule has 0 saturated carbocycles. The van der Waals surface area contributed by atoms with Crippen LogP contribution in [-0.4, -0.2) is 37.0 Å². The van der Waals surface area contributed by atoms with Crippen LogP contribution in [0.4, 0.5) is 4.39 Å². The molecule has 1 aromatic heterocycles. The first-order valence-corrected chi connectivity index (χ1v) is 7.46. The number of carbonyl (C=O) groups excluding carboxylic acids is 2. The molecular weight excluding hydrogens is 293 g/mol. The third-order valence-corrected chi connectivity index (χ3v) is 4.79. The van der Waals surface area contributed by atoms with E-state index in [0.29, 0.717) is 24.4 Å². The van der Waals surface area contributed by atoms with Gasteiger partial charge in [-0.05, 0) is 30.0 Å². The standard InChI is InChI=1S/C15H14FNO3S/c1-20-15(19)10-4-5-17(8-10)14(18)13-6-9-2-3-11(16)7-12(9)21-13/h2-3,6-7,10H,4-5,8H2,1H3. The van der Waals surface area contributed by atoms with Crippen molar-refractivity contribution in [1.29, 1.82) is 0 Å². The quantitative estimate of drug-likeness (QED) is 0.801. The first-order chi connectivity index (χ1) is 10.1. The van der Waals surface area contributed by atoms with Crippen molar-refractivity contribution < 1.29 is 18.7 Å². The molecule has 1 saturated heterocycles. The zero-order valence-electron chi connectivity index (χ0n) is 11.5. The highest BCUT2D eigenvalue weighted by atomic mass is 32.1. The van der Waals surface area contributed by atoms with Crippen molar-refractivity contribution in [2.24, 2.45) is 5.92 Å². The molecule has 110 valence electrons. The minimum absolute atomic E-state index is 0.108. The normalized spacial score (nSPS) is 18.2. The van der Waals surface area contributed by atoms with E-state index in [9.17, 15) is 14.0 Å². The Morgan fingerprint density at radius 3 is 2.95 bits per heavy atom. The van der Waals surface area contributed by atoms with Gasteiger partial charge in [0, 0.05) is 17.8 Å². The summed E-state index contributed by atoms with van der Waals surface area (Å²) in [6.45, 7) is 0.926. The van der Waals surface area contributed by atoms with Crippen LogP contribution in [0.15, 0.2) is 24.3 Å². The van der Waals surface area contributed by atoms with E-state index in [1.807, 2.05) is 0 Å². The lowest BCUT2D eigenvalue weighted by molar-refractivity contribution is -0.144. The lowest BCUT2D eigenvalue weighted by Gasteiger charge is -2.14. The van der Waals surface area contributed by atoms with Gasteiger partial charge < -0.3 is 9.64 Å². The second-order valence-electron chi connectivity index (χ2n) is 5.05. The van der Waals surface area contributed by atoms with Crippen molar-refractivity contribution in [2.75, 3.05) is 20.2 Å². The summed E-state index contributed by atoms with van der Waals surface area (Å²) >= 11 is 1.27. The maximum atomic E-state index is 13.2. The lowest BCUT2D eigenvalue weighted by atomic mass is 10.1. The number of thiophene rings is 1. The molecule has 1 aromatic carbocycles. The maximum Gasteiger partial charge on any atom is 0.310 e. The van der Waals surface area contributed by atoms with Gasteiger partial charge in [0.05, 0.1) is 17.9 Å². The highest BCUT2D eigenvalue weighted by molar-refractivity contribution is 7.20. The average Bonchev–Trinajstić information content (AvgIpc) is 3.11. The first-order valence-electron chi connectivity index (χ1n) is 6.64. The SMILES string of the molecule is COC(=O)C1CCN(C(=O)c2cc3ccc(F)cc3s2)C1. The zero-order chi connectivity index (χ0) is 15.0. The number of halogens is 1. The molecule has 1 fully saturated rings. The molecule has 1 unspecified atom stereocenters. The Morgan fingerprint density at radius 1 is 1.38 bits per heavy atom. The molecule has 0 spiro atoms. The third-order valence-electron chi connectivity index (χ3n) is 3.70. The Morgan fingerprint density at radius 2 is 2.19 bits per heavy atom. The molecular formula is C15H14FNO3S. The second-order valence-corrected chi connectivity index (χ2v) is 6.14. The van der Waals surface area contributed by atoms with Crippen molar-refractivity contribution in [3.8, 4) is 0 Å². The van der Waals surface area contributed by atoms with Gasteiger partial charge >= 0.3 is 5.97 Å². The Balaban J connectivity index is 1.79. The van der Waals surface area contributed by atoms with Crippen LogP contribution < -0.4 is 0 Å². The Bertz CT molecular complexity index is 712. The molecule has 0 radical (unpaired) electrons. The van der Waals surface area contributed by atoms with Gasteiger partial charge in [0.2, 0.25) is 0 Å². The monoisotopic (exact) mass is 307 g/mol. The highest BCUT2D eigenvalue weighted by Gasteiger charge is 2.32. The molecule has 0 aliphatic carbocycles. The lowest BCUT2D eigenvalue weighted by Crippen LogP contribution is -2.29. The first kappa shape index (κ1) is 14.0. The van der Waals surface area contributed by atoms with E-state index in [1.165, 1.54) is 30.6 Å². The second kappa shape index (κ2) is 5.44. The molecule has 0 bridgehead atoms. The number of hydrogen-bond donors (Lipinski definition) is 0. The van der Waals surface area contributed by atoms with E-state index in [2.05, 4.69) is 0 Å². The van der Waals surface area contributed by atoms with Gasteiger partial charge in [-0.3, -0.25) is 9.59 Å². The van der Waals surface area contributed by atoms with Gasteiger partial charge in [0.15, 0.2) is 0 Å². The van der Waals surface area contributed by atoms with Crippen molar-refractivity contribution in [3.63, 3.8) is 0 Å². The van der Waals surface area contributed by atoms with E-state index >= 15 is 0 Å². The van der Waals surface area contributed by atoms with Crippen LogP contribution >= 0.6 is 11.3 Å². The largest absolute Gasteiger partial charge is 0.469 e. The minimum atomic E-state index is -0.310. The number of hydrogen-bond acceptors (Lipinski definition) is 4. The molecule has 1 aliphatic heterocycles. The molecule has 4 nitrogen and oxygen atoms in total. The average molecular weight is 307 g/mol. The molecule has 6 heteroatoms. The minimum Gasteiger partial charge on any atom is -0.469 e. The van der Waals surface area contributed by atoms with Gasteiger partial charge in [0.25, 0.3) is 5.91 Å². The molecule has 3 rings (SSSR count). The number of carbonyl (C=O) groups is 2. The van der Waals surface area contributed by atoms with Crippen LogP contribution in [0.2, 0.25) is 0 Å². The summed E-state index contributed by atoms with van der Waals surface area (Å²) in [6.07, 6.45) is 0.623. The summed E-state index contributed by atoms with van der Waals surface area (Å²) in [4.78, 5) is 26.2. The maximum absolute atomic E-state index is 13.2. The predicted octanol–water partition coefficient (Wildman–Crippen LogP) is 2.68. The number of rotatable bonds is 2. The van der Waals surface area contributed by atoms with Crippen LogP contribution in [-0.2, 0) is 9.53 Å². The summed E-state index contributed by atoms with van der Waals surface area (Å²) < 4.78 is 18.7.